The number of carbonyl (C=O) groups excluding carboxylic acids is 1. The summed E-state index contributed by atoms with van der Waals surface area (Å²) in [6.45, 7) is 1.28. The van der Waals surface area contributed by atoms with Crippen LogP contribution in [0, 0.1) is 0 Å². The molecule has 3 rings (SSSR count). The lowest BCUT2D eigenvalue weighted by Gasteiger charge is -2.33. The molecule has 0 radical (unpaired) electrons. The lowest BCUT2D eigenvalue weighted by molar-refractivity contribution is -0.148. The van der Waals surface area contributed by atoms with Gasteiger partial charge < -0.3 is 4.74 Å². The van der Waals surface area contributed by atoms with E-state index < -0.39 is 0 Å². The Morgan fingerprint density at radius 1 is 1.52 bits per heavy atom. The molecule has 8 heteroatoms. The van der Waals surface area contributed by atoms with Crippen LogP contribution in [0.5, 0.6) is 0 Å². The van der Waals surface area contributed by atoms with E-state index in [1.165, 1.54) is 29.0 Å². The van der Waals surface area contributed by atoms with Crippen molar-refractivity contribution in [1.82, 2.24) is 19.5 Å². The molecular formula is C13H16N4O3S. The van der Waals surface area contributed by atoms with Gasteiger partial charge >= 0.3 is 5.97 Å². The Morgan fingerprint density at radius 2 is 2.38 bits per heavy atom. The smallest absolute Gasteiger partial charge is 0.323 e. The van der Waals surface area contributed by atoms with Crippen LogP contribution in [0.3, 0.4) is 0 Å². The molecule has 0 saturated carbocycles. The number of methoxy groups -OCH3 is 1. The lowest BCUT2D eigenvalue weighted by atomic mass is 10.0. The van der Waals surface area contributed by atoms with E-state index in [-0.39, 0.29) is 17.6 Å². The van der Waals surface area contributed by atoms with Gasteiger partial charge in [-0.2, -0.15) is 9.61 Å². The number of piperidine rings is 1. The van der Waals surface area contributed by atoms with Crippen LogP contribution in [-0.4, -0.2) is 45.2 Å². The lowest BCUT2D eigenvalue weighted by Crippen LogP contribution is -2.44. The summed E-state index contributed by atoms with van der Waals surface area (Å²) in [4.78, 5) is 30.8. The van der Waals surface area contributed by atoms with Gasteiger partial charge in [0.05, 0.1) is 12.8 Å². The summed E-state index contributed by atoms with van der Waals surface area (Å²) >= 11 is 1.32. The summed E-state index contributed by atoms with van der Waals surface area (Å²) in [6, 6.07) is 1.24. The molecule has 1 aliphatic rings. The maximum atomic E-state index is 11.9. The molecule has 2 aromatic heterocycles. The maximum absolute atomic E-state index is 11.9. The zero-order valence-electron chi connectivity index (χ0n) is 11.7. The highest BCUT2D eigenvalue weighted by Crippen LogP contribution is 2.20. The van der Waals surface area contributed by atoms with Crippen LogP contribution in [0.25, 0.3) is 4.96 Å². The Bertz CT molecular complexity index is 711. The number of carbonyl (C=O) groups is 1. The van der Waals surface area contributed by atoms with Crippen molar-refractivity contribution in [2.75, 3.05) is 13.7 Å². The minimum absolute atomic E-state index is 0.192. The van der Waals surface area contributed by atoms with E-state index in [4.69, 9.17) is 4.74 Å². The first-order valence-electron chi connectivity index (χ1n) is 6.83. The minimum atomic E-state index is -0.245. The Morgan fingerprint density at radius 3 is 3.19 bits per heavy atom. The summed E-state index contributed by atoms with van der Waals surface area (Å²) < 4.78 is 6.14. The van der Waals surface area contributed by atoms with E-state index in [1.54, 1.807) is 5.51 Å². The fourth-order valence-electron chi connectivity index (χ4n) is 2.67. The molecule has 0 bridgehead atoms. The number of nitrogens with zero attached hydrogens (tertiary/aromatic N) is 4. The third kappa shape index (κ3) is 2.81. The van der Waals surface area contributed by atoms with E-state index in [2.05, 4.69) is 10.1 Å². The van der Waals surface area contributed by atoms with Crippen LogP contribution in [0.4, 0.5) is 0 Å². The number of rotatable bonds is 3. The Hall–Kier alpha value is -1.80. The van der Waals surface area contributed by atoms with Gasteiger partial charge in [0.15, 0.2) is 0 Å². The first-order valence-corrected chi connectivity index (χ1v) is 7.71. The van der Waals surface area contributed by atoms with Gasteiger partial charge in [0, 0.05) is 12.6 Å². The molecular weight excluding hydrogens is 292 g/mol. The van der Waals surface area contributed by atoms with Crippen LogP contribution in [0.2, 0.25) is 0 Å². The maximum Gasteiger partial charge on any atom is 0.323 e. The van der Waals surface area contributed by atoms with Gasteiger partial charge in [0.25, 0.3) is 5.56 Å². The molecule has 0 spiro atoms. The molecule has 1 unspecified atom stereocenters. The number of hydrogen-bond acceptors (Lipinski definition) is 7. The SMILES string of the molecule is COC(=O)C1CCCCN1Cc1cc(=O)n2ncsc2n1. The Balaban J connectivity index is 1.85. The van der Waals surface area contributed by atoms with Crippen molar-refractivity contribution in [2.45, 2.75) is 31.8 Å². The van der Waals surface area contributed by atoms with Crippen molar-refractivity contribution >= 4 is 22.3 Å². The summed E-state index contributed by atoms with van der Waals surface area (Å²) in [5, 5.41) is 3.94. The number of likely N-dealkylation sites (tertiary alicyclic amines) is 1. The molecule has 0 amide bonds. The van der Waals surface area contributed by atoms with Gasteiger partial charge in [-0.05, 0) is 19.4 Å². The van der Waals surface area contributed by atoms with Crippen molar-refractivity contribution < 1.29 is 9.53 Å². The van der Waals surface area contributed by atoms with Crippen LogP contribution < -0.4 is 5.56 Å². The molecule has 7 nitrogen and oxygen atoms in total. The predicted octanol–water partition coefficient (Wildman–Crippen LogP) is 0.679. The second kappa shape index (κ2) is 5.90. The number of esters is 1. The highest BCUT2D eigenvalue weighted by atomic mass is 32.1. The fourth-order valence-corrected chi connectivity index (χ4v) is 3.32. The van der Waals surface area contributed by atoms with Crippen molar-refractivity contribution in [2.24, 2.45) is 0 Å². The van der Waals surface area contributed by atoms with Gasteiger partial charge in [-0.1, -0.05) is 17.8 Å². The van der Waals surface area contributed by atoms with Crippen LogP contribution in [0.15, 0.2) is 16.4 Å². The predicted molar refractivity (Wildman–Crippen MR) is 77.2 cm³/mol. The number of hydrogen-bond donors (Lipinski definition) is 0. The summed E-state index contributed by atoms with van der Waals surface area (Å²) in [5.74, 6) is -0.217. The third-order valence-electron chi connectivity index (χ3n) is 3.69. The molecule has 1 saturated heterocycles. The van der Waals surface area contributed by atoms with Gasteiger partial charge in [-0.3, -0.25) is 14.5 Å². The number of ether oxygens (including phenoxy) is 1. The molecule has 0 N–H and O–H groups in total. The Kier molecular flexibility index (Phi) is 3.98. The van der Waals surface area contributed by atoms with Crippen LogP contribution in [0.1, 0.15) is 25.0 Å². The summed E-state index contributed by atoms with van der Waals surface area (Å²) in [7, 11) is 1.41. The van der Waals surface area contributed by atoms with Gasteiger partial charge in [0.1, 0.15) is 11.6 Å². The van der Waals surface area contributed by atoms with E-state index in [1.807, 2.05) is 4.90 Å². The van der Waals surface area contributed by atoms with E-state index in [0.29, 0.717) is 17.2 Å². The van der Waals surface area contributed by atoms with E-state index in [0.717, 1.165) is 25.8 Å². The third-order valence-corrected chi connectivity index (χ3v) is 4.37. The van der Waals surface area contributed by atoms with Crippen molar-refractivity contribution in [3.63, 3.8) is 0 Å². The van der Waals surface area contributed by atoms with Crippen LogP contribution in [-0.2, 0) is 16.1 Å². The molecule has 1 aliphatic heterocycles. The zero-order chi connectivity index (χ0) is 14.8. The first-order chi connectivity index (χ1) is 10.2. The van der Waals surface area contributed by atoms with E-state index >= 15 is 0 Å². The molecule has 0 aliphatic carbocycles. The zero-order valence-corrected chi connectivity index (χ0v) is 12.5. The fraction of sp³-hybridized carbons (Fsp3) is 0.538. The van der Waals surface area contributed by atoms with Crippen molar-refractivity contribution in [1.29, 1.82) is 0 Å². The van der Waals surface area contributed by atoms with Gasteiger partial charge in [0.2, 0.25) is 4.96 Å². The van der Waals surface area contributed by atoms with Crippen molar-refractivity contribution in [3.8, 4) is 0 Å². The second-order valence-corrected chi connectivity index (χ2v) is 5.84. The number of fused-ring (bicyclic) bond motifs is 1. The molecule has 3 heterocycles. The monoisotopic (exact) mass is 308 g/mol. The second-order valence-electron chi connectivity index (χ2n) is 5.02. The normalized spacial score (nSPS) is 19.8. The molecule has 0 aromatic carbocycles. The largest absolute Gasteiger partial charge is 0.468 e. The highest BCUT2D eigenvalue weighted by molar-refractivity contribution is 7.14. The first kappa shape index (κ1) is 14.2. The molecule has 1 fully saturated rings. The highest BCUT2D eigenvalue weighted by Gasteiger charge is 2.29. The summed E-state index contributed by atoms with van der Waals surface area (Å²) in [6.07, 6.45) is 2.84. The van der Waals surface area contributed by atoms with Gasteiger partial charge in [-0.25, -0.2) is 4.98 Å². The average molecular weight is 308 g/mol. The summed E-state index contributed by atoms with van der Waals surface area (Å²) in [5.41, 5.74) is 2.06. The standard InChI is InChI=1S/C13H16N4O3S/c1-20-12(19)10-4-2-3-5-16(10)7-9-6-11(18)17-13(15-9)21-8-14-17/h6,8,10H,2-5,7H2,1H3. The minimum Gasteiger partial charge on any atom is -0.468 e. The number of aromatic nitrogens is 3. The topological polar surface area (TPSA) is 76.8 Å². The quantitative estimate of drug-likeness (QED) is 0.776. The molecule has 1 atom stereocenters. The van der Waals surface area contributed by atoms with Gasteiger partial charge in [-0.15, -0.1) is 0 Å². The Labute approximate surface area is 125 Å². The average Bonchev–Trinajstić information content (AvgIpc) is 2.96. The van der Waals surface area contributed by atoms with Crippen molar-refractivity contribution in [3.05, 3.63) is 27.6 Å². The molecule has 112 valence electrons. The molecule has 21 heavy (non-hydrogen) atoms. The van der Waals surface area contributed by atoms with E-state index in [9.17, 15) is 9.59 Å². The molecule has 2 aromatic rings. The van der Waals surface area contributed by atoms with Crippen LogP contribution >= 0.6 is 11.3 Å².